The molecule has 3 aliphatic rings. The third-order valence-electron chi connectivity index (χ3n) is 4.97. The maximum absolute atomic E-state index is 12.5. The van der Waals surface area contributed by atoms with E-state index in [-0.39, 0.29) is 41.7 Å². The zero-order chi connectivity index (χ0) is 14.7. The molecular weight excluding hydrogens is 313 g/mol. The summed E-state index contributed by atoms with van der Waals surface area (Å²) >= 11 is 11.8. The molecule has 4 rings (SSSR count). The van der Waals surface area contributed by atoms with Crippen molar-refractivity contribution in [3.63, 3.8) is 0 Å². The van der Waals surface area contributed by atoms with Gasteiger partial charge in [-0.3, -0.25) is 9.59 Å². The van der Waals surface area contributed by atoms with E-state index in [1.807, 2.05) is 0 Å². The monoisotopic (exact) mass is 325 g/mol. The fraction of sp³-hybridized carbons (Fsp3) is 0.467. The van der Waals surface area contributed by atoms with Crippen molar-refractivity contribution in [2.45, 2.75) is 18.9 Å². The van der Waals surface area contributed by atoms with Crippen molar-refractivity contribution in [1.29, 1.82) is 0 Å². The van der Waals surface area contributed by atoms with E-state index in [1.165, 1.54) is 0 Å². The zero-order valence-corrected chi connectivity index (χ0v) is 12.5. The Bertz CT molecular complexity index is 646. The van der Waals surface area contributed by atoms with Crippen LogP contribution in [0.5, 0.6) is 0 Å². The van der Waals surface area contributed by atoms with E-state index in [9.17, 15) is 9.59 Å². The molecule has 1 amide bonds. The molecule has 2 aliphatic carbocycles. The summed E-state index contributed by atoms with van der Waals surface area (Å²) in [5.41, 5.74) is 0.597. The number of rotatable bonds is 2. The lowest BCUT2D eigenvalue weighted by Crippen LogP contribution is -2.35. The molecule has 4 nitrogen and oxygen atoms in total. The lowest BCUT2D eigenvalue weighted by Gasteiger charge is -2.23. The Hall–Kier alpha value is -1.26. The number of anilines is 1. The Morgan fingerprint density at radius 1 is 1.24 bits per heavy atom. The van der Waals surface area contributed by atoms with Gasteiger partial charge in [0, 0.05) is 11.6 Å². The number of esters is 1. The molecule has 1 saturated heterocycles. The summed E-state index contributed by atoms with van der Waals surface area (Å²) in [4.78, 5) is 24.5. The van der Waals surface area contributed by atoms with Crippen LogP contribution in [0.25, 0.3) is 0 Å². The van der Waals surface area contributed by atoms with Gasteiger partial charge in [0.2, 0.25) is 5.91 Å². The summed E-state index contributed by atoms with van der Waals surface area (Å²) in [6.45, 7) is 0. The van der Waals surface area contributed by atoms with Crippen LogP contribution in [0.2, 0.25) is 10.0 Å². The molecule has 0 unspecified atom stereocenters. The Morgan fingerprint density at radius 3 is 2.81 bits per heavy atom. The fourth-order valence-corrected chi connectivity index (χ4v) is 4.46. The summed E-state index contributed by atoms with van der Waals surface area (Å²) in [5, 5.41) is 3.68. The highest BCUT2D eigenvalue weighted by atomic mass is 35.5. The van der Waals surface area contributed by atoms with Gasteiger partial charge in [0.15, 0.2) is 0 Å². The number of benzene rings is 1. The molecule has 1 aromatic carbocycles. The van der Waals surface area contributed by atoms with E-state index in [2.05, 4.69) is 5.32 Å². The first kappa shape index (κ1) is 13.4. The molecule has 0 radical (unpaired) electrons. The minimum atomic E-state index is -0.282. The quantitative estimate of drug-likeness (QED) is 0.850. The number of hydrogen-bond donors (Lipinski definition) is 1. The minimum absolute atomic E-state index is 0.0431. The van der Waals surface area contributed by atoms with Gasteiger partial charge in [-0.1, -0.05) is 23.2 Å². The zero-order valence-electron chi connectivity index (χ0n) is 11.0. The number of fused-ring (bicyclic) bond motifs is 1. The second-order valence-corrected chi connectivity index (χ2v) is 6.85. The highest BCUT2D eigenvalue weighted by molar-refractivity contribution is 6.42. The summed E-state index contributed by atoms with van der Waals surface area (Å²) in [6, 6.07) is 4.96. The first-order valence-corrected chi connectivity index (χ1v) is 7.76. The SMILES string of the molecule is O=C1O[C@H]2C[C@H]3C[C@H]2[C@@H]1[C@H]3C(=O)Nc1ccc(Cl)c(Cl)c1. The lowest BCUT2D eigenvalue weighted by molar-refractivity contribution is -0.145. The Labute approximate surface area is 131 Å². The van der Waals surface area contributed by atoms with E-state index in [0.717, 1.165) is 12.8 Å². The first-order valence-electron chi connectivity index (χ1n) is 7.01. The summed E-state index contributed by atoms with van der Waals surface area (Å²) in [7, 11) is 0. The average Bonchev–Trinajstić information content (AvgIpc) is 3.04. The van der Waals surface area contributed by atoms with Gasteiger partial charge in [0.05, 0.1) is 21.9 Å². The standard InChI is InChI=1S/C15H13Cl2NO3/c16-9-2-1-7(5-10(9)17)18-14(19)12-6-3-8-11(4-6)21-15(20)13(8)12/h1-2,5-6,8,11-13H,3-4H2,(H,18,19)/t6-,8-,11+,12+,13-/m1/s1. The van der Waals surface area contributed by atoms with Crippen LogP contribution >= 0.6 is 23.2 Å². The molecule has 5 atom stereocenters. The number of ether oxygens (including phenoxy) is 1. The maximum Gasteiger partial charge on any atom is 0.310 e. The van der Waals surface area contributed by atoms with Crippen molar-refractivity contribution in [2.24, 2.45) is 23.7 Å². The van der Waals surface area contributed by atoms with E-state index >= 15 is 0 Å². The van der Waals surface area contributed by atoms with Gasteiger partial charge in [-0.2, -0.15) is 0 Å². The molecular formula is C15H13Cl2NO3. The molecule has 0 spiro atoms. The van der Waals surface area contributed by atoms with Crippen molar-refractivity contribution in [3.8, 4) is 0 Å². The van der Waals surface area contributed by atoms with E-state index < -0.39 is 0 Å². The number of amides is 1. The molecule has 1 heterocycles. The number of halogens is 2. The van der Waals surface area contributed by atoms with Crippen LogP contribution in [0.4, 0.5) is 5.69 Å². The highest BCUT2D eigenvalue weighted by Crippen LogP contribution is 2.57. The largest absolute Gasteiger partial charge is 0.462 e. The van der Waals surface area contributed by atoms with Crippen molar-refractivity contribution < 1.29 is 14.3 Å². The lowest BCUT2D eigenvalue weighted by atomic mass is 9.79. The van der Waals surface area contributed by atoms with Gasteiger partial charge in [0.25, 0.3) is 0 Å². The molecule has 110 valence electrons. The minimum Gasteiger partial charge on any atom is -0.462 e. The topological polar surface area (TPSA) is 55.4 Å². The van der Waals surface area contributed by atoms with Crippen molar-refractivity contribution in [2.75, 3.05) is 5.32 Å². The summed E-state index contributed by atoms with van der Waals surface area (Å²) < 4.78 is 5.35. The second kappa shape index (κ2) is 4.62. The normalized spacial score (nSPS) is 35.9. The molecule has 1 aliphatic heterocycles. The van der Waals surface area contributed by atoms with Crippen LogP contribution in [0.15, 0.2) is 18.2 Å². The third-order valence-corrected chi connectivity index (χ3v) is 5.71. The van der Waals surface area contributed by atoms with Crippen LogP contribution in [0.3, 0.4) is 0 Å². The van der Waals surface area contributed by atoms with Gasteiger partial charge in [-0.25, -0.2) is 0 Å². The van der Waals surface area contributed by atoms with Crippen LogP contribution in [0, 0.1) is 23.7 Å². The van der Waals surface area contributed by atoms with Crippen LogP contribution in [-0.2, 0) is 14.3 Å². The second-order valence-electron chi connectivity index (χ2n) is 6.04. The molecule has 0 aromatic heterocycles. The number of nitrogens with one attached hydrogen (secondary N) is 1. The molecule has 21 heavy (non-hydrogen) atoms. The van der Waals surface area contributed by atoms with Crippen molar-refractivity contribution >= 4 is 40.8 Å². The number of carbonyl (C=O) groups excluding carboxylic acids is 2. The van der Waals surface area contributed by atoms with Crippen LogP contribution in [-0.4, -0.2) is 18.0 Å². The van der Waals surface area contributed by atoms with E-state index in [0.29, 0.717) is 15.7 Å². The molecule has 2 bridgehead atoms. The summed E-state index contributed by atoms with van der Waals surface area (Å²) in [5.74, 6) is -0.402. The highest BCUT2D eigenvalue weighted by Gasteiger charge is 2.63. The average molecular weight is 326 g/mol. The predicted octanol–water partition coefficient (Wildman–Crippen LogP) is 3.13. The van der Waals surface area contributed by atoms with Gasteiger partial charge in [0.1, 0.15) is 6.10 Å². The smallest absolute Gasteiger partial charge is 0.310 e. The van der Waals surface area contributed by atoms with Gasteiger partial charge < -0.3 is 10.1 Å². The predicted molar refractivity (Wildman–Crippen MR) is 78.2 cm³/mol. The van der Waals surface area contributed by atoms with Gasteiger partial charge in [-0.15, -0.1) is 0 Å². The van der Waals surface area contributed by atoms with Crippen LogP contribution in [0.1, 0.15) is 12.8 Å². The number of hydrogen-bond acceptors (Lipinski definition) is 3. The summed E-state index contributed by atoms with van der Waals surface area (Å²) in [6.07, 6.45) is 1.77. The Balaban J connectivity index is 1.55. The Morgan fingerprint density at radius 2 is 2.05 bits per heavy atom. The molecule has 1 N–H and O–H groups in total. The van der Waals surface area contributed by atoms with Crippen LogP contribution < -0.4 is 5.32 Å². The van der Waals surface area contributed by atoms with E-state index in [4.69, 9.17) is 27.9 Å². The molecule has 2 saturated carbocycles. The third kappa shape index (κ3) is 1.96. The molecule has 1 aromatic rings. The van der Waals surface area contributed by atoms with Crippen molar-refractivity contribution in [1.82, 2.24) is 0 Å². The fourth-order valence-electron chi connectivity index (χ4n) is 4.16. The molecule has 6 heteroatoms. The Kier molecular flexibility index (Phi) is 2.95. The molecule has 3 fully saturated rings. The first-order chi connectivity index (χ1) is 10.0. The van der Waals surface area contributed by atoms with Crippen molar-refractivity contribution in [3.05, 3.63) is 28.2 Å². The van der Waals surface area contributed by atoms with Gasteiger partial charge >= 0.3 is 5.97 Å². The maximum atomic E-state index is 12.5. The van der Waals surface area contributed by atoms with E-state index in [1.54, 1.807) is 18.2 Å². The number of carbonyl (C=O) groups is 2. The van der Waals surface area contributed by atoms with Gasteiger partial charge in [-0.05, 0) is 37.0 Å².